The van der Waals surface area contributed by atoms with Crippen molar-refractivity contribution < 1.29 is 17.2 Å². The number of aromatic nitrogens is 1. The van der Waals surface area contributed by atoms with Crippen LogP contribution < -0.4 is 5.73 Å². The monoisotopic (exact) mass is 295 g/mol. The van der Waals surface area contributed by atoms with Crippen molar-refractivity contribution in [2.75, 3.05) is 13.6 Å². The summed E-state index contributed by atoms with van der Waals surface area (Å²) in [4.78, 5) is -0.00944. The molecule has 0 aliphatic rings. The van der Waals surface area contributed by atoms with E-state index in [1.807, 2.05) is 13.8 Å². The van der Waals surface area contributed by atoms with E-state index in [1.54, 1.807) is 4.57 Å². The Morgan fingerprint density at radius 3 is 2.37 bits per heavy atom. The van der Waals surface area contributed by atoms with E-state index in [1.165, 1.54) is 12.3 Å². The number of hydrogen-bond acceptors (Lipinski definition) is 3. The van der Waals surface area contributed by atoms with Gasteiger partial charge >= 0.3 is 0 Å². The van der Waals surface area contributed by atoms with Gasteiger partial charge < -0.3 is 10.3 Å². The number of nitrogens with two attached hydrogens (primary N) is 1. The van der Waals surface area contributed by atoms with Crippen LogP contribution >= 0.6 is 0 Å². The molecule has 0 spiro atoms. The minimum absolute atomic E-state index is 0.00944. The molecule has 0 saturated carbocycles. The third-order valence-corrected chi connectivity index (χ3v) is 4.56. The van der Waals surface area contributed by atoms with Crippen molar-refractivity contribution in [3.63, 3.8) is 0 Å². The molecule has 8 heteroatoms. The highest BCUT2D eigenvalue weighted by molar-refractivity contribution is 7.89. The Labute approximate surface area is 112 Å². The summed E-state index contributed by atoms with van der Waals surface area (Å²) in [6, 6.07) is 1.47. The fourth-order valence-corrected chi connectivity index (χ4v) is 2.96. The van der Waals surface area contributed by atoms with Crippen molar-refractivity contribution in [1.29, 1.82) is 0 Å². The van der Waals surface area contributed by atoms with E-state index >= 15 is 0 Å². The SMILES string of the molecule is CC(C)n1cc(S(=O)(=O)N(C)CC(F)F)cc1CN. The van der Waals surface area contributed by atoms with Gasteiger partial charge in [-0.2, -0.15) is 4.31 Å². The molecule has 0 atom stereocenters. The summed E-state index contributed by atoms with van der Waals surface area (Å²) in [5.41, 5.74) is 6.20. The topological polar surface area (TPSA) is 68.3 Å². The Hall–Kier alpha value is -0.990. The Morgan fingerprint density at radius 1 is 1.42 bits per heavy atom. The first-order valence-electron chi connectivity index (χ1n) is 5.85. The van der Waals surface area contributed by atoms with Gasteiger partial charge in [-0.3, -0.25) is 0 Å². The average molecular weight is 295 g/mol. The molecule has 5 nitrogen and oxygen atoms in total. The maximum Gasteiger partial charge on any atom is 0.252 e. The number of nitrogens with zero attached hydrogens (tertiary/aromatic N) is 2. The van der Waals surface area contributed by atoms with Gasteiger partial charge in [-0.05, 0) is 19.9 Å². The molecule has 0 aromatic carbocycles. The fraction of sp³-hybridized carbons (Fsp3) is 0.636. The van der Waals surface area contributed by atoms with Gasteiger partial charge in [0, 0.05) is 31.5 Å². The van der Waals surface area contributed by atoms with Crippen LogP contribution in [0.5, 0.6) is 0 Å². The summed E-state index contributed by atoms with van der Waals surface area (Å²) in [7, 11) is -2.77. The second-order valence-corrected chi connectivity index (χ2v) is 6.59. The van der Waals surface area contributed by atoms with Crippen molar-refractivity contribution in [2.45, 2.75) is 37.8 Å². The zero-order valence-electron chi connectivity index (χ0n) is 11.2. The van der Waals surface area contributed by atoms with Crippen LogP contribution in [0.2, 0.25) is 0 Å². The Kier molecular flexibility index (Phi) is 5.05. The van der Waals surface area contributed by atoms with Crippen LogP contribution in [-0.4, -0.2) is 37.3 Å². The van der Waals surface area contributed by atoms with Crippen LogP contribution in [0.3, 0.4) is 0 Å². The lowest BCUT2D eigenvalue weighted by atomic mass is 10.3. The summed E-state index contributed by atoms with van der Waals surface area (Å²) in [5, 5.41) is 0. The molecule has 1 aromatic rings. The Balaban J connectivity index is 3.15. The molecule has 110 valence electrons. The molecule has 0 unspecified atom stereocenters. The molecule has 0 saturated heterocycles. The van der Waals surface area contributed by atoms with E-state index < -0.39 is 23.0 Å². The zero-order valence-corrected chi connectivity index (χ0v) is 12.0. The van der Waals surface area contributed by atoms with Gasteiger partial charge in [-0.15, -0.1) is 0 Å². The standard InChI is InChI=1S/C11H19F2N3O2S/c1-8(2)16-6-10(4-9(16)5-14)19(17,18)15(3)7-11(12)13/h4,6,8,11H,5,7,14H2,1-3H3. The van der Waals surface area contributed by atoms with Crippen molar-refractivity contribution in [3.8, 4) is 0 Å². The van der Waals surface area contributed by atoms with Gasteiger partial charge in [0.2, 0.25) is 10.0 Å². The lowest BCUT2D eigenvalue weighted by Crippen LogP contribution is -2.31. The molecule has 19 heavy (non-hydrogen) atoms. The molecular weight excluding hydrogens is 276 g/mol. The van der Waals surface area contributed by atoms with Crippen molar-refractivity contribution >= 4 is 10.0 Å². The van der Waals surface area contributed by atoms with E-state index in [-0.39, 0.29) is 17.5 Å². The molecule has 2 N–H and O–H groups in total. The minimum atomic E-state index is -3.90. The summed E-state index contributed by atoms with van der Waals surface area (Å²) in [6.45, 7) is 3.14. The summed E-state index contributed by atoms with van der Waals surface area (Å²) in [6.07, 6.45) is -1.27. The highest BCUT2D eigenvalue weighted by Gasteiger charge is 2.26. The third-order valence-electron chi connectivity index (χ3n) is 2.78. The smallest absolute Gasteiger partial charge is 0.252 e. The van der Waals surface area contributed by atoms with Crippen molar-refractivity contribution in [2.24, 2.45) is 5.73 Å². The van der Waals surface area contributed by atoms with Gasteiger partial charge in [0.05, 0.1) is 6.54 Å². The first kappa shape index (κ1) is 16.1. The normalized spacial score (nSPS) is 12.9. The zero-order chi connectivity index (χ0) is 14.8. The third kappa shape index (κ3) is 3.52. The number of alkyl halides is 2. The highest BCUT2D eigenvalue weighted by Crippen LogP contribution is 2.21. The quantitative estimate of drug-likeness (QED) is 0.863. The fourth-order valence-electron chi connectivity index (χ4n) is 1.75. The molecule has 1 aromatic heterocycles. The van der Waals surface area contributed by atoms with Crippen molar-refractivity contribution in [3.05, 3.63) is 18.0 Å². The van der Waals surface area contributed by atoms with E-state index in [4.69, 9.17) is 5.73 Å². The first-order chi connectivity index (χ1) is 8.70. The molecule has 0 bridgehead atoms. The van der Waals surface area contributed by atoms with Crippen molar-refractivity contribution in [1.82, 2.24) is 8.87 Å². The summed E-state index contributed by atoms with van der Waals surface area (Å²) in [5.74, 6) is 0. The van der Waals surface area contributed by atoms with Gasteiger partial charge in [-0.25, -0.2) is 17.2 Å². The largest absolute Gasteiger partial charge is 0.346 e. The summed E-state index contributed by atoms with van der Waals surface area (Å²) < 4.78 is 51.2. The molecule has 0 radical (unpaired) electrons. The van der Waals surface area contributed by atoms with Gasteiger partial charge in [-0.1, -0.05) is 0 Å². The van der Waals surface area contributed by atoms with Crippen LogP contribution in [-0.2, 0) is 16.6 Å². The molecule has 0 aliphatic carbocycles. The second kappa shape index (κ2) is 5.98. The molecular formula is C11H19F2N3O2S. The molecule has 0 fully saturated rings. The van der Waals surface area contributed by atoms with E-state index in [0.29, 0.717) is 10.00 Å². The second-order valence-electron chi connectivity index (χ2n) is 4.55. The van der Waals surface area contributed by atoms with Gasteiger partial charge in [0.1, 0.15) is 4.90 Å². The number of sulfonamides is 1. The van der Waals surface area contributed by atoms with Crippen LogP contribution in [0.15, 0.2) is 17.2 Å². The minimum Gasteiger partial charge on any atom is -0.346 e. The lowest BCUT2D eigenvalue weighted by molar-refractivity contribution is 0.126. The molecule has 0 aliphatic heterocycles. The van der Waals surface area contributed by atoms with Crippen LogP contribution in [0.25, 0.3) is 0 Å². The number of hydrogen-bond donors (Lipinski definition) is 1. The predicted octanol–water partition coefficient (Wildman–Crippen LogP) is 1.41. The maximum atomic E-state index is 12.3. The van der Waals surface area contributed by atoms with Gasteiger partial charge in [0.25, 0.3) is 6.43 Å². The number of rotatable bonds is 6. The van der Waals surface area contributed by atoms with E-state index in [9.17, 15) is 17.2 Å². The average Bonchev–Trinajstić information content (AvgIpc) is 2.72. The van der Waals surface area contributed by atoms with Crippen LogP contribution in [0.4, 0.5) is 8.78 Å². The van der Waals surface area contributed by atoms with E-state index in [0.717, 1.165) is 7.05 Å². The van der Waals surface area contributed by atoms with E-state index in [2.05, 4.69) is 0 Å². The van der Waals surface area contributed by atoms with Crippen LogP contribution in [0, 0.1) is 0 Å². The van der Waals surface area contributed by atoms with Crippen LogP contribution in [0.1, 0.15) is 25.6 Å². The van der Waals surface area contributed by atoms with Gasteiger partial charge in [0.15, 0.2) is 0 Å². The summed E-state index contributed by atoms with van der Waals surface area (Å²) >= 11 is 0. The number of halogens is 2. The molecule has 0 amide bonds. The predicted molar refractivity (Wildman–Crippen MR) is 68.5 cm³/mol. The Bertz CT molecular complexity index is 526. The molecule has 1 rings (SSSR count). The Morgan fingerprint density at radius 2 is 2.00 bits per heavy atom. The molecule has 1 heterocycles. The maximum absolute atomic E-state index is 12.3. The highest BCUT2D eigenvalue weighted by atomic mass is 32.2. The first-order valence-corrected chi connectivity index (χ1v) is 7.29. The lowest BCUT2D eigenvalue weighted by Gasteiger charge is -2.15.